The molecule has 1 heterocycles. The molecule has 3 rings (SSSR count). The van der Waals surface area contributed by atoms with E-state index in [4.69, 9.17) is 14.2 Å². The normalized spacial score (nSPS) is 10.7. The molecule has 2 N–H and O–H groups in total. The second kappa shape index (κ2) is 9.35. The number of hydrogen-bond acceptors (Lipinski definition) is 5. The second-order valence-electron chi connectivity index (χ2n) is 7.24. The summed E-state index contributed by atoms with van der Waals surface area (Å²) < 4.78 is 16.0. The zero-order chi connectivity index (χ0) is 21.7. The van der Waals surface area contributed by atoms with Crippen molar-refractivity contribution in [2.24, 2.45) is 5.92 Å². The van der Waals surface area contributed by atoms with Crippen LogP contribution < -0.4 is 19.5 Å². The lowest BCUT2D eigenvalue weighted by Crippen LogP contribution is -2.16. The summed E-state index contributed by atoms with van der Waals surface area (Å²) in [5.41, 5.74) is 3.37. The Morgan fingerprint density at radius 2 is 1.63 bits per heavy atom. The van der Waals surface area contributed by atoms with Crippen LogP contribution in [0.25, 0.3) is 11.3 Å². The van der Waals surface area contributed by atoms with E-state index in [0.29, 0.717) is 34.4 Å². The Bertz CT molecular complexity index is 988. The topological polar surface area (TPSA) is 85.5 Å². The van der Waals surface area contributed by atoms with E-state index < -0.39 is 0 Å². The van der Waals surface area contributed by atoms with E-state index >= 15 is 0 Å². The summed E-state index contributed by atoms with van der Waals surface area (Å²) in [5, 5.41) is 10.6. The smallest absolute Gasteiger partial charge is 0.263 e. The first-order chi connectivity index (χ1) is 14.5. The highest BCUT2D eigenvalue weighted by Gasteiger charge is 2.23. The van der Waals surface area contributed by atoms with Crippen LogP contribution in [0.2, 0.25) is 0 Å². The average Bonchev–Trinajstić information content (AvgIpc) is 3.14. The van der Waals surface area contributed by atoms with Crippen molar-refractivity contribution in [3.63, 3.8) is 0 Å². The number of aromatic amines is 1. The number of H-pyrrole nitrogens is 1. The lowest BCUT2D eigenvalue weighted by molar-refractivity contribution is 0.102. The Morgan fingerprint density at radius 1 is 1.00 bits per heavy atom. The molecule has 3 aromatic rings. The number of amides is 1. The van der Waals surface area contributed by atoms with Crippen LogP contribution in [0.3, 0.4) is 0 Å². The maximum Gasteiger partial charge on any atom is 0.263 e. The van der Waals surface area contributed by atoms with Crippen molar-refractivity contribution in [3.8, 4) is 28.5 Å². The van der Waals surface area contributed by atoms with Crippen LogP contribution in [0.1, 0.15) is 29.9 Å². The zero-order valence-corrected chi connectivity index (χ0v) is 17.9. The molecule has 0 radical (unpaired) electrons. The minimum absolute atomic E-state index is 0.328. The zero-order valence-electron chi connectivity index (χ0n) is 17.9. The molecule has 30 heavy (non-hydrogen) atoms. The van der Waals surface area contributed by atoms with Gasteiger partial charge in [0.05, 0.1) is 32.7 Å². The maximum atomic E-state index is 13.3. The number of benzene rings is 2. The highest BCUT2D eigenvalue weighted by molar-refractivity contribution is 6.10. The molecule has 0 saturated heterocycles. The molecule has 0 bridgehead atoms. The summed E-state index contributed by atoms with van der Waals surface area (Å²) in [6.07, 6.45) is 0.738. The van der Waals surface area contributed by atoms with E-state index in [2.05, 4.69) is 29.4 Å². The molecule has 0 saturated carbocycles. The number of ether oxygens (including phenoxy) is 3. The number of hydrogen-bond donors (Lipinski definition) is 2. The van der Waals surface area contributed by atoms with Gasteiger partial charge in [0, 0.05) is 5.56 Å². The molecule has 0 spiro atoms. The summed E-state index contributed by atoms with van der Waals surface area (Å²) >= 11 is 0. The molecule has 1 amide bonds. The minimum atomic E-state index is -0.328. The fourth-order valence-electron chi connectivity index (χ4n) is 3.28. The quantitative estimate of drug-likeness (QED) is 0.570. The third-order valence-corrected chi connectivity index (χ3v) is 4.71. The number of methoxy groups -OCH3 is 3. The Labute approximate surface area is 176 Å². The standard InChI is InChI=1S/C23H27N3O4/c1-14(2)13-17-22(21(26-25-17)15-9-11-16(28-3)12-10-15)24-23(27)20-18(29-4)7-6-8-19(20)30-5/h6-12,14H,13H2,1-5H3,(H,24,27)(H,25,26). The summed E-state index contributed by atoms with van der Waals surface area (Å²) in [7, 11) is 4.67. The lowest BCUT2D eigenvalue weighted by atomic mass is 10.0. The van der Waals surface area contributed by atoms with E-state index in [1.165, 1.54) is 14.2 Å². The lowest BCUT2D eigenvalue weighted by Gasteiger charge is -2.14. The molecule has 7 nitrogen and oxygen atoms in total. The number of nitrogens with zero attached hydrogens (tertiary/aromatic N) is 1. The summed E-state index contributed by atoms with van der Waals surface area (Å²) in [6.45, 7) is 4.23. The fourth-order valence-corrected chi connectivity index (χ4v) is 3.28. The van der Waals surface area contributed by atoms with Gasteiger partial charge in [0.25, 0.3) is 5.91 Å². The van der Waals surface area contributed by atoms with Gasteiger partial charge in [-0.15, -0.1) is 0 Å². The van der Waals surface area contributed by atoms with Crippen LogP contribution in [0.4, 0.5) is 5.69 Å². The molecule has 1 aromatic heterocycles. The van der Waals surface area contributed by atoms with Crippen molar-refractivity contribution in [2.75, 3.05) is 26.6 Å². The van der Waals surface area contributed by atoms with Crippen LogP contribution in [-0.2, 0) is 6.42 Å². The van der Waals surface area contributed by atoms with Crippen LogP contribution in [0.15, 0.2) is 42.5 Å². The van der Waals surface area contributed by atoms with Gasteiger partial charge in [-0.2, -0.15) is 5.10 Å². The number of rotatable bonds is 8. The van der Waals surface area contributed by atoms with Gasteiger partial charge >= 0.3 is 0 Å². The third-order valence-electron chi connectivity index (χ3n) is 4.71. The first-order valence-corrected chi connectivity index (χ1v) is 9.72. The third kappa shape index (κ3) is 4.40. The van der Waals surface area contributed by atoms with Crippen LogP contribution in [0, 0.1) is 5.92 Å². The Balaban J connectivity index is 2.04. The Kier molecular flexibility index (Phi) is 6.61. The van der Waals surface area contributed by atoms with Crippen molar-refractivity contribution in [1.82, 2.24) is 10.2 Å². The molecule has 0 aliphatic heterocycles. The largest absolute Gasteiger partial charge is 0.497 e. The number of carbonyl (C=O) groups is 1. The molecular formula is C23H27N3O4. The SMILES string of the molecule is COc1ccc(-c2n[nH]c(CC(C)C)c2NC(=O)c2c(OC)cccc2OC)cc1. The predicted molar refractivity (Wildman–Crippen MR) is 117 cm³/mol. The molecule has 2 aromatic carbocycles. The predicted octanol–water partition coefficient (Wildman–Crippen LogP) is 4.55. The van der Waals surface area contributed by atoms with Crippen molar-refractivity contribution in [2.45, 2.75) is 20.3 Å². The van der Waals surface area contributed by atoms with Crippen molar-refractivity contribution >= 4 is 11.6 Å². The van der Waals surface area contributed by atoms with Gasteiger partial charge in [0.2, 0.25) is 0 Å². The van der Waals surface area contributed by atoms with Gasteiger partial charge in [0.1, 0.15) is 28.5 Å². The average molecular weight is 409 g/mol. The van der Waals surface area contributed by atoms with Crippen molar-refractivity contribution in [1.29, 1.82) is 0 Å². The van der Waals surface area contributed by atoms with E-state index in [1.54, 1.807) is 25.3 Å². The first kappa shape index (κ1) is 21.2. The van der Waals surface area contributed by atoms with E-state index in [9.17, 15) is 4.79 Å². The molecular weight excluding hydrogens is 382 g/mol. The molecule has 158 valence electrons. The van der Waals surface area contributed by atoms with E-state index in [-0.39, 0.29) is 5.91 Å². The van der Waals surface area contributed by atoms with Crippen molar-refractivity contribution in [3.05, 3.63) is 53.7 Å². The maximum absolute atomic E-state index is 13.3. The molecule has 0 aliphatic carbocycles. The number of carbonyl (C=O) groups excluding carboxylic acids is 1. The molecule has 0 aliphatic rings. The molecule has 0 atom stereocenters. The van der Waals surface area contributed by atoms with Gasteiger partial charge in [-0.3, -0.25) is 9.89 Å². The van der Waals surface area contributed by atoms with Gasteiger partial charge in [0.15, 0.2) is 0 Å². The van der Waals surface area contributed by atoms with Crippen LogP contribution in [0.5, 0.6) is 17.2 Å². The van der Waals surface area contributed by atoms with Gasteiger partial charge < -0.3 is 19.5 Å². The molecule has 0 unspecified atom stereocenters. The fraction of sp³-hybridized carbons (Fsp3) is 0.304. The minimum Gasteiger partial charge on any atom is -0.497 e. The van der Waals surface area contributed by atoms with Crippen LogP contribution in [-0.4, -0.2) is 37.4 Å². The van der Waals surface area contributed by atoms with Gasteiger partial charge in [-0.05, 0) is 48.7 Å². The first-order valence-electron chi connectivity index (χ1n) is 9.72. The Morgan fingerprint density at radius 3 is 2.17 bits per heavy atom. The molecule has 0 fully saturated rings. The van der Waals surface area contributed by atoms with Crippen molar-refractivity contribution < 1.29 is 19.0 Å². The monoisotopic (exact) mass is 409 g/mol. The van der Waals surface area contributed by atoms with E-state index in [0.717, 1.165) is 23.4 Å². The Hall–Kier alpha value is -3.48. The number of nitrogens with one attached hydrogen (secondary N) is 2. The summed E-state index contributed by atoms with van der Waals surface area (Å²) in [5.74, 6) is 1.68. The van der Waals surface area contributed by atoms with Gasteiger partial charge in [-0.25, -0.2) is 0 Å². The molecule has 7 heteroatoms. The summed E-state index contributed by atoms with van der Waals surface area (Å²) in [4.78, 5) is 13.3. The highest BCUT2D eigenvalue weighted by atomic mass is 16.5. The number of anilines is 1. The van der Waals surface area contributed by atoms with E-state index in [1.807, 2.05) is 24.3 Å². The second-order valence-corrected chi connectivity index (χ2v) is 7.24. The number of aromatic nitrogens is 2. The summed E-state index contributed by atoms with van der Waals surface area (Å²) in [6, 6.07) is 12.8. The van der Waals surface area contributed by atoms with Crippen LogP contribution >= 0.6 is 0 Å². The van der Waals surface area contributed by atoms with Gasteiger partial charge in [-0.1, -0.05) is 19.9 Å². The highest BCUT2D eigenvalue weighted by Crippen LogP contribution is 2.34.